The van der Waals surface area contributed by atoms with Gasteiger partial charge in [-0.05, 0) is 6.07 Å². The van der Waals surface area contributed by atoms with E-state index in [1.165, 1.54) is 12.1 Å². The van der Waals surface area contributed by atoms with Gasteiger partial charge in [0, 0.05) is 24.6 Å². The minimum Gasteiger partial charge on any atom is -0.508 e. The molecule has 15 heavy (non-hydrogen) atoms. The highest BCUT2D eigenvalue weighted by Crippen LogP contribution is 2.61. The Hall–Kier alpha value is -1.23. The van der Waals surface area contributed by atoms with Crippen LogP contribution in [-0.4, -0.2) is 17.6 Å². The first-order valence-corrected chi connectivity index (χ1v) is 4.50. The zero-order valence-electron chi connectivity index (χ0n) is 7.80. The van der Waals surface area contributed by atoms with Crippen LogP contribution in [0.3, 0.4) is 0 Å². The van der Waals surface area contributed by atoms with Crippen molar-refractivity contribution < 1.29 is 18.3 Å². The molecule has 1 aliphatic rings. The predicted molar refractivity (Wildman–Crippen MR) is 48.4 cm³/mol. The van der Waals surface area contributed by atoms with Gasteiger partial charge in [0.15, 0.2) is 0 Å². The molecule has 0 heterocycles. The molecule has 1 fully saturated rings. The number of aromatic hydroxyl groups is 1. The van der Waals surface area contributed by atoms with Crippen LogP contribution < -0.4 is 5.73 Å². The van der Waals surface area contributed by atoms with Gasteiger partial charge in [0.2, 0.25) is 0 Å². The Kier molecular flexibility index (Phi) is 1.98. The van der Waals surface area contributed by atoms with E-state index in [0.29, 0.717) is 0 Å². The number of hydrogen-bond donors (Lipinski definition) is 2. The van der Waals surface area contributed by atoms with Crippen LogP contribution in [0.5, 0.6) is 5.75 Å². The van der Waals surface area contributed by atoms with Gasteiger partial charge in [-0.1, -0.05) is 6.07 Å². The maximum absolute atomic E-state index is 13.4. The zero-order chi connectivity index (χ0) is 11.3. The number of rotatable bonds is 2. The molecule has 3 N–H and O–H groups in total. The average molecular weight is 217 g/mol. The number of benzene rings is 1. The van der Waals surface area contributed by atoms with Crippen LogP contribution in [0.4, 0.5) is 13.2 Å². The molecule has 82 valence electrons. The van der Waals surface area contributed by atoms with E-state index in [1.807, 2.05) is 0 Å². The van der Waals surface area contributed by atoms with Crippen molar-refractivity contribution in [2.45, 2.75) is 17.8 Å². The normalized spacial score (nSPS) is 27.7. The number of hydrogen-bond acceptors (Lipinski definition) is 2. The SMILES string of the molecule is NCC1(c2ccc(O)cc2F)CC1(F)F. The number of alkyl halides is 2. The number of phenolic OH excluding ortho intramolecular Hbond substituents is 1. The molecule has 0 aliphatic heterocycles. The van der Waals surface area contributed by atoms with E-state index in [0.717, 1.165) is 6.07 Å². The van der Waals surface area contributed by atoms with Gasteiger partial charge < -0.3 is 10.8 Å². The van der Waals surface area contributed by atoms with Crippen LogP contribution in [0.25, 0.3) is 0 Å². The van der Waals surface area contributed by atoms with Crippen molar-refractivity contribution in [2.24, 2.45) is 5.73 Å². The first kappa shape index (κ1) is 10.3. The molecule has 2 nitrogen and oxygen atoms in total. The monoisotopic (exact) mass is 217 g/mol. The molecule has 1 atom stereocenters. The molecule has 0 saturated heterocycles. The molecule has 1 saturated carbocycles. The topological polar surface area (TPSA) is 46.2 Å². The lowest BCUT2D eigenvalue weighted by Gasteiger charge is -2.15. The second-order valence-corrected chi connectivity index (χ2v) is 3.83. The molecule has 0 aromatic heterocycles. The molecule has 1 aliphatic carbocycles. The molecule has 0 spiro atoms. The lowest BCUT2D eigenvalue weighted by Crippen LogP contribution is -2.27. The summed E-state index contributed by atoms with van der Waals surface area (Å²) in [5.74, 6) is -4.07. The fourth-order valence-corrected chi connectivity index (χ4v) is 1.85. The summed E-state index contributed by atoms with van der Waals surface area (Å²) in [5.41, 5.74) is 3.58. The third-order valence-electron chi connectivity index (χ3n) is 2.92. The van der Waals surface area contributed by atoms with Crippen molar-refractivity contribution in [2.75, 3.05) is 6.54 Å². The molecule has 1 aromatic carbocycles. The second kappa shape index (κ2) is 2.88. The number of nitrogens with two attached hydrogens (primary N) is 1. The van der Waals surface area contributed by atoms with E-state index >= 15 is 0 Å². The van der Waals surface area contributed by atoms with Gasteiger partial charge in [0.1, 0.15) is 11.6 Å². The smallest absolute Gasteiger partial charge is 0.260 e. The molecule has 1 unspecified atom stereocenters. The zero-order valence-corrected chi connectivity index (χ0v) is 7.80. The number of halogens is 3. The van der Waals surface area contributed by atoms with Crippen molar-refractivity contribution in [1.29, 1.82) is 0 Å². The van der Waals surface area contributed by atoms with Gasteiger partial charge in [-0.2, -0.15) is 0 Å². The molecule has 1 aromatic rings. The highest BCUT2D eigenvalue weighted by atomic mass is 19.3. The quantitative estimate of drug-likeness (QED) is 0.793. The highest BCUT2D eigenvalue weighted by Gasteiger charge is 2.71. The summed E-state index contributed by atoms with van der Waals surface area (Å²) in [7, 11) is 0. The molecule has 0 radical (unpaired) electrons. The minimum absolute atomic E-state index is 0.118. The Balaban J connectivity index is 2.46. The van der Waals surface area contributed by atoms with Crippen LogP contribution in [0.2, 0.25) is 0 Å². The molecular weight excluding hydrogens is 207 g/mol. The fraction of sp³-hybridized carbons (Fsp3) is 0.400. The average Bonchev–Trinajstić information content (AvgIpc) is 2.69. The van der Waals surface area contributed by atoms with Crippen LogP contribution in [0.15, 0.2) is 18.2 Å². The van der Waals surface area contributed by atoms with Gasteiger partial charge in [-0.3, -0.25) is 0 Å². The summed E-state index contributed by atoms with van der Waals surface area (Å²) >= 11 is 0. The van der Waals surface area contributed by atoms with Crippen LogP contribution >= 0.6 is 0 Å². The molecular formula is C10H10F3NO. The Labute approximate surface area is 84.5 Å². The van der Waals surface area contributed by atoms with E-state index in [4.69, 9.17) is 10.8 Å². The van der Waals surface area contributed by atoms with E-state index < -0.39 is 23.6 Å². The van der Waals surface area contributed by atoms with Crippen LogP contribution in [0.1, 0.15) is 12.0 Å². The Morgan fingerprint density at radius 1 is 1.40 bits per heavy atom. The summed E-state index contributed by atoms with van der Waals surface area (Å²) < 4.78 is 39.6. The minimum atomic E-state index is -2.94. The first-order chi connectivity index (χ1) is 6.93. The summed E-state index contributed by atoms with van der Waals surface area (Å²) in [6.45, 7) is -0.304. The Morgan fingerprint density at radius 3 is 2.40 bits per heavy atom. The maximum Gasteiger partial charge on any atom is 0.260 e. The van der Waals surface area contributed by atoms with Crippen molar-refractivity contribution in [3.63, 3.8) is 0 Å². The van der Waals surface area contributed by atoms with Gasteiger partial charge >= 0.3 is 0 Å². The maximum atomic E-state index is 13.4. The molecule has 2 rings (SSSR count). The van der Waals surface area contributed by atoms with Crippen molar-refractivity contribution in [3.05, 3.63) is 29.6 Å². The Morgan fingerprint density at radius 2 is 2.00 bits per heavy atom. The third kappa shape index (κ3) is 1.30. The lowest BCUT2D eigenvalue weighted by atomic mass is 9.94. The van der Waals surface area contributed by atoms with Gasteiger partial charge in [-0.25, -0.2) is 13.2 Å². The highest BCUT2D eigenvalue weighted by molar-refractivity contribution is 5.42. The first-order valence-electron chi connectivity index (χ1n) is 4.50. The van der Waals surface area contributed by atoms with Crippen molar-refractivity contribution >= 4 is 0 Å². The Bertz CT molecular complexity index is 408. The van der Waals surface area contributed by atoms with Gasteiger partial charge in [0.05, 0.1) is 5.41 Å². The number of phenols is 1. The van der Waals surface area contributed by atoms with Crippen molar-refractivity contribution in [3.8, 4) is 5.75 Å². The molecule has 5 heteroatoms. The predicted octanol–water partition coefficient (Wildman–Crippen LogP) is 1.77. The largest absolute Gasteiger partial charge is 0.508 e. The fourth-order valence-electron chi connectivity index (χ4n) is 1.85. The summed E-state index contributed by atoms with van der Waals surface area (Å²) in [6.07, 6.45) is -0.432. The molecule has 0 bridgehead atoms. The van der Waals surface area contributed by atoms with E-state index in [-0.39, 0.29) is 17.9 Å². The summed E-state index contributed by atoms with van der Waals surface area (Å²) in [5, 5.41) is 8.97. The van der Waals surface area contributed by atoms with Crippen LogP contribution in [-0.2, 0) is 5.41 Å². The summed E-state index contributed by atoms with van der Waals surface area (Å²) in [4.78, 5) is 0. The second-order valence-electron chi connectivity index (χ2n) is 3.83. The summed E-state index contributed by atoms with van der Waals surface area (Å²) in [6, 6.07) is 3.17. The lowest BCUT2D eigenvalue weighted by molar-refractivity contribution is 0.0886. The standard InChI is InChI=1S/C10H10F3NO/c11-8-3-6(15)1-2-7(8)9(5-14)4-10(9,12)13/h1-3,15H,4-5,14H2. The third-order valence-corrected chi connectivity index (χ3v) is 2.92. The van der Waals surface area contributed by atoms with E-state index in [1.54, 1.807) is 0 Å². The van der Waals surface area contributed by atoms with E-state index in [2.05, 4.69) is 0 Å². The van der Waals surface area contributed by atoms with E-state index in [9.17, 15) is 13.2 Å². The van der Waals surface area contributed by atoms with Gasteiger partial charge in [0.25, 0.3) is 5.92 Å². The molecule has 0 amide bonds. The van der Waals surface area contributed by atoms with Crippen molar-refractivity contribution in [1.82, 2.24) is 0 Å². The van der Waals surface area contributed by atoms with Gasteiger partial charge in [-0.15, -0.1) is 0 Å². The van der Waals surface area contributed by atoms with Crippen LogP contribution in [0, 0.1) is 5.82 Å².